The van der Waals surface area contributed by atoms with Crippen LogP contribution in [0.1, 0.15) is 30.6 Å². The summed E-state index contributed by atoms with van der Waals surface area (Å²) < 4.78 is 23.8. The number of nitrogens with one attached hydrogen (secondary N) is 1. The molecule has 0 spiro atoms. The highest BCUT2D eigenvalue weighted by Gasteiger charge is 2.40. The monoisotopic (exact) mass is 420 g/mol. The Balaban J connectivity index is 2.16. The summed E-state index contributed by atoms with van der Waals surface area (Å²) in [5.74, 6) is -0.779. The first kappa shape index (κ1) is 20.4. The molecule has 0 bridgehead atoms. The molecule has 0 aromatic heterocycles. The molecule has 2 aromatic carbocycles. The number of halogens is 1. The van der Waals surface area contributed by atoms with Gasteiger partial charge in [0.05, 0.1) is 16.3 Å². The normalized spacial score (nSPS) is 17.6. The number of amides is 2. The smallest absolute Gasteiger partial charge is 0.259 e. The van der Waals surface area contributed by atoms with Gasteiger partial charge in [0, 0.05) is 16.8 Å². The molecule has 0 fully saturated rings. The lowest BCUT2D eigenvalue weighted by Gasteiger charge is -2.39. The van der Waals surface area contributed by atoms with Crippen molar-refractivity contribution in [3.63, 3.8) is 0 Å². The van der Waals surface area contributed by atoms with Gasteiger partial charge in [0.2, 0.25) is 5.91 Å². The summed E-state index contributed by atoms with van der Waals surface area (Å²) >= 11 is 5.92. The van der Waals surface area contributed by atoms with Crippen LogP contribution in [0, 0.1) is 5.92 Å². The van der Waals surface area contributed by atoms with Crippen LogP contribution in [0.25, 0.3) is 0 Å². The fourth-order valence-electron chi connectivity index (χ4n) is 3.23. The van der Waals surface area contributed by atoms with Crippen molar-refractivity contribution in [2.45, 2.75) is 31.2 Å². The van der Waals surface area contributed by atoms with E-state index in [2.05, 4.69) is 5.32 Å². The number of nitrogens with zero attached hydrogens (tertiary/aromatic N) is 1. The molecule has 2 aromatic rings. The van der Waals surface area contributed by atoms with Crippen molar-refractivity contribution in [3.05, 3.63) is 53.1 Å². The van der Waals surface area contributed by atoms with E-state index in [1.54, 1.807) is 30.3 Å². The average Bonchev–Trinajstić information content (AvgIpc) is 2.65. The number of hydrogen-bond acceptors (Lipinski definition) is 4. The van der Waals surface area contributed by atoms with Crippen LogP contribution >= 0.6 is 11.6 Å². The van der Waals surface area contributed by atoms with E-state index < -0.39 is 15.9 Å². The maximum atomic E-state index is 13.3. The van der Waals surface area contributed by atoms with Gasteiger partial charge in [-0.3, -0.25) is 14.5 Å². The van der Waals surface area contributed by atoms with Crippen LogP contribution in [-0.4, -0.2) is 32.5 Å². The molecule has 8 heteroatoms. The summed E-state index contributed by atoms with van der Waals surface area (Å²) in [4.78, 5) is 27.7. The number of sulfone groups is 1. The third kappa shape index (κ3) is 3.77. The quantitative estimate of drug-likeness (QED) is 0.816. The van der Waals surface area contributed by atoms with Crippen LogP contribution in [0.4, 0.5) is 11.4 Å². The molecule has 28 heavy (non-hydrogen) atoms. The minimum Gasteiger partial charge on any atom is -0.322 e. The van der Waals surface area contributed by atoms with E-state index in [1.807, 2.05) is 13.8 Å². The van der Waals surface area contributed by atoms with Gasteiger partial charge in [0.15, 0.2) is 9.84 Å². The highest BCUT2D eigenvalue weighted by molar-refractivity contribution is 7.90. The molecule has 1 aliphatic heterocycles. The van der Waals surface area contributed by atoms with Crippen molar-refractivity contribution in [1.82, 2.24) is 0 Å². The molecule has 0 saturated heterocycles. The number of carbonyl (C=O) groups excluding carboxylic acids is 2. The van der Waals surface area contributed by atoms with Gasteiger partial charge in [-0.15, -0.1) is 0 Å². The molecule has 0 saturated carbocycles. The average molecular weight is 421 g/mol. The lowest BCUT2D eigenvalue weighted by atomic mass is 9.93. The summed E-state index contributed by atoms with van der Waals surface area (Å²) in [6.45, 7) is 3.85. The van der Waals surface area contributed by atoms with E-state index in [0.717, 1.165) is 6.26 Å². The minimum atomic E-state index is -3.45. The largest absolute Gasteiger partial charge is 0.322 e. The Morgan fingerprint density at radius 2 is 1.86 bits per heavy atom. The zero-order valence-electron chi connectivity index (χ0n) is 15.8. The van der Waals surface area contributed by atoms with Crippen LogP contribution in [0.5, 0.6) is 0 Å². The van der Waals surface area contributed by atoms with Crippen molar-refractivity contribution in [2.24, 2.45) is 5.92 Å². The number of benzene rings is 2. The summed E-state index contributed by atoms with van der Waals surface area (Å²) in [5.41, 5.74) is 1.16. The Labute approximate surface area is 169 Å². The Morgan fingerprint density at radius 1 is 1.21 bits per heavy atom. The number of carbonyl (C=O) groups is 2. The number of hydrogen-bond donors (Lipinski definition) is 1. The highest BCUT2D eigenvalue weighted by atomic mass is 35.5. The predicted octanol–water partition coefficient (Wildman–Crippen LogP) is 3.76. The van der Waals surface area contributed by atoms with E-state index in [1.165, 1.54) is 17.0 Å². The SMILES string of the molecule is CC[C@H](C)[C@H]1C(=O)Nc2cc(S(C)(=O)=O)ccc2N1C(=O)c1ccc(Cl)cc1. The Kier molecular flexibility index (Phi) is 5.50. The van der Waals surface area contributed by atoms with Crippen LogP contribution < -0.4 is 10.2 Å². The summed E-state index contributed by atoms with van der Waals surface area (Å²) in [7, 11) is -3.45. The Hall–Kier alpha value is -2.38. The van der Waals surface area contributed by atoms with Gasteiger partial charge in [-0.25, -0.2) is 8.42 Å². The van der Waals surface area contributed by atoms with Crippen LogP contribution in [-0.2, 0) is 14.6 Å². The van der Waals surface area contributed by atoms with Crippen molar-refractivity contribution < 1.29 is 18.0 Å². The first-order valence-corrected chi connectivity index (χ1v) is 11.1. The topological polar surface area (TPSA) is 83.6 Å². The summed E-state index contributed by atoms with van der Waals surface area (Å²) in [5, 5.41) is 3.27. The highest BCUT2D eigenvalue weighted by Crippen LogP contribution is 2.37. The Bertz CT molecular complexity index is 1030. The number of rotatable bonds is 4. The fraction of sp³-hybridized carbons (Fsp3) is 0.300. The second-order valence-electron chi connectivity index (χ2n) is 6.95. The molecule has 0 aliphatic carbocycles. The lowest BCUT2D eigenvalue weighted by molar-refractivity contribution is -0.118. The standard InChI is InChI=1S/C20H21ClN2O4S/c1-4-12(2)18-19(24)22-16-11-15(28(3,26)27)9-10-17(16)23(18)20(25)13-5-7-14(21)8-6-13/h5-12,18H,4H2,1-3H3,(H,22,24)/t12-,18-/m0/s1. The maximum absolute atomic E-state index is 13.3. The molecule has 6 nitrogen and oxygen atoms in total. The van der Waals surface area contributed by atoms with Crippen LogP contribution in [0.15, 0.2) is 47.4 Å². The molecule has 2 atom stereocenters. The predicted molar refractivity (Wildman–Crippen MR) is 110 cm³/mol. The van der Waals surface area contributed by atoms with Gasteiger partial charge in [-0.2, -0.15) is 0 Å². The third-order valence-electron chi connectivity index (χ3n) is 4.95. The zero-order chi connectivity index (χ0) is 20.6. The Morgan fingerprint density at radius 3 is 2.43 bits per heavy atom. The molecule has 1 heterocycles. The second kappa shape index (κ2) is 7.56. The fourth-order valence-corrected chi connectivity index (χ4v) is 4.01. The molecule has 148 valence electrons. The molecule has 0 radical (unpaired) electrons. The summed E-state index contributed by atoms with van der Waals surface area (Å²) in [6.07, 6.45) is 1.79. The molecular weight excluding hydrogens is 400 g/mol. The van der Waals surface area contributed by atoms with Gasteiger partial charge < -0.3 is 5.32 Å². The molecular formula is C20H21ClN2O4S. The van der Waals surface area contributed by atoms with Crippen LogP contribution in [0.2, 0.25) is 5.02 Å². The third-order valence-corrected chi connectivity index (χ3v) is 6.32. The van der Waals surface area contributed by atoms with E-state index in [-0.39, 0.29) is 22.6 Å². The van der Waals surface area contributed by atoms with E-state index >= 15 is 0 Å². The van der Waals surface area contributed by atoms with E-state index in [4.69, 9.17) is 11.6 Å². The molecule has 2 amide bonds. The summed E-state index contributed by atoms with van der Waals surface area (Å²) in [6, 6.07) is 10.1. The zero-order valence-corrected chi connectivity index (χ0v) is 17.3. The first-order chi connectivity index (χ1) is 13.1. The van der Waals surface area contributed by atoms with E-state index in [0.29, 0.717) is 28.4 Å². The van der Waals surface area contributed by atoms with Gasteiger partial charge in [0.1, 0.15) is 6.04 Å². The maximum Gasteiger partial charge on any atom is 0.259 e. The molecule has 0 unspecified atom stereocenters. The minimum absolute atomic E-state index is 0.0763. The molecule has 1 aliphatic rings. The van der Waals surface area contributed by atoms with Gasteiger partial charge in [0.25, 0.3) is 5.91 Å². The van der Waals surface area contributed by atoms with Crippen molar-refractivity contribution >= 4 is 44.6 Å². The number of anilines is 2. The first-order valence-electron chi connectivity index (χ1n) is 8.87. The van der Waals surface area contributed by atoms with E-state index in [9.17, 15) is 18.0 Å². The van der Waals surface area contributed by atoms with Gasteiger partial charge >= 0.3 is 0 Å². The van der Waals surface area contributed by atoms with Gasteiger partial charge in [-0.1, -0.05) is 31.9 Å². The van der Waals surface area contributed by atoms with Crippen molar-refractivity contribution in [1.29, 1.82) is 0 Å². The molecule has 1 N–H and O–H groups in total. The van der Waals surface area contributed by atoms with Gasteiger partial charge in [-0.05, 0) is 48.4 Å². The van der Waals surface area contributed by atoms with Crippen LogP contribution in [0.3, 0.4) is 0 Å². The van der Waals surface area contributed by atoms with Crippen molar-refractivity contribution in [3.8, 4) is 0 Å². The lowest BCUT2D eigenvalue weighted by Crippen LogP contribution is -2.54. The molecule has 3 rings (SSSR count). The second-order valence-corrected chi connectivity index (χ2v) is 9.40. The number of fused-ring (bicyclic) bond motifs is 1. The van der Waals surface area contributed by atoms with Crippen molar-refractivity contribution in [2.75, 3.05) is 16.5 Å².